The molecule has 18 heavy (non-hydrogen) atoms. The van der Waals surface area contributed by atoms with Gasteiger partial charge in [0.2, 0.25) is 5.91 Å². The highest BCUT2D eigenvalue weighted by Crippen LogP contribution is 2.13. The van der Waals surface area contributed by atoms with Crippen molar-refractivity contribution in [2.45, 2.75) is 18.9 Å². The number of amides is 2. The monoisotopic (exact) mass is 251 g/mol. The van der Waals surface area contributed by atoms with E-state index in [2.05, 4.69) is 15.5 Å². The fourth-order valence-corrected chi connectivity index (χ4v) is 2.17. The number of H-pyrrole nitrogens is 1. The Balaban J connectivity index is 2.13. The van der Waals surface area contributed by atoms with Gasteiger partial charge in [-0.2, -0.15) is 5.10 Å². The van der Waals surface area contributed by atoms with Gasteiger partial charge >= 0.3 is 0 Å². The lowest BCUT2D eigenvalue weighted by Crippen LogP contribution is -2.51. The van der Waals surface area contributed by atoms with Crippen LogP contribution in [0.5, 0.6) is 0 Å². The average Bonchev–Trinajstić information content (AvgIpc) is 2.90. The number of aromatic amines is 1. The molecular formula is C11H17N5O2. The molecule has 1 aromatic rings. The van der Waals surface area contributed by atoms with E-state index in [1.807, 2.05) is 0 Å². The molecule has 1 aromatic heterocycles. The highest BCUT2D eigenvalue weighted by Gasteiger charge is 2.27. The lowest BCUT2D eigenvalue weighted by Gasteiger charge is -2.33. The van der Waals surface area contributed by atoms with Crippen LogP contribution in [0, 0.1) is 0 Å². The molecule has 1 saturated heterocycles. The lowest BCUT2D eigenvalue weighted by molar-refractivity contribution is -0.119. The van der Waals surface area contributed by atoms with Gasteiger partial charge in [0.25, 0.3) is 5.91 Å². The summed E-state index contributed by atoms with van der Waals surface area (Å²) in [6.07, 6.45) is 4.83. The number of aromatic nitrogens is 2. The molecule has 0 radical (unpaired) electrons. The molecule has 1 aliphatic rings. The van der Waals surface area contributed by atoms with E-state index in [9.17, 15) is 9.59 Å². The molecule has 1 fully saturated rings. The van der Waals surface area contributed by atoms with Gasteiger partial charge < -0.3 is 16.0 Å². The van der Waals surface area contributed by atoms with Gasteiger partial charge in [-0.3, -0.25) is 14.7 Å². The summed E-state index contributed by atoms with van der Waals surface area (Å²) in [5, 5.41) is 9.56. The van der Waals surface area contributed by atoms with Gasteiger partial charge in [-0.25, -0.2) is 0 Å². The summed E-state index contributed by atoms with van der Waals surface area (Å²) in [5.74, 6) is -0.714. The van der Waals surface area contributed by atoms with Gasteiger partial charge in [0.1, 0.15) is 0 Å². The van der Waals surface area contributed by atoms with E-state index in [1.54, 1.807) is 0 Å². The maximum absolute atomic E-state index is 12.3. The zero-order valence-corrected chi connectivity index (χ0v) is 10.1. The summed E-state index contributed by atoms with van der Waals surface area (Å²) < 4.78 is 0. The first kappa shape index (κ1) is 12.6. The Bertz CT molecular complexity index is 411. The van der Waals surface area contributed by atoms with E-state index in [0.29, 0.717) is 12.1 Å². The summed E-state index contributed by atoms with van der Waals surface area (Å²) in [6, 6.07) is 0.00801. The molecule has 4 N–H and O–H groups in total. The van der Waals surface area contributed by atoms with Gasteiger partial charge in [-0.05, 0) is 19.4 Å². The molecule has 7 heteroatoms. The molecule has 1 atom stereocenters. The first-order valence-corrected chi connectivity index (χ1v) is 5.97. The molecule has 1 unspecified atom stereocenters. The number of hydrogen-bond donors (Lipinski definition) is 3. The van der Waals surface area contributed by atoms with Crippen LogP contribution in [-0.4, -0.2) is 52.6 Å². The van der Waals surface area contributed by atoms with Crippen LogP contribution in [-0.2, 0) is 4.79 Å². The summed E-state index contributed by atoms with van der Waals surface area (Å²) in [6.45, 7) is 1.58. The SMILES string of the molecule is NC(=O)CN(C(=O)c1cn[nH]c1)C1CCCNC1. The van der Waals surface area contributed by atoms with Crippen LogP contribution in [0.15, 0.2) is 12.4 Å². The molecule has 2 heterocycles. The second kappa shape index (κ2) is 5.63. The zero-order chi connectivity index (χ0) is 13.0. The van der Waals surface area contributed by atoms with Crippen molar-refractivity contribution in [3.63, 3.8) is 0 Å². The number of carbonyl (C=O) groups excluding carboxylic acids is 2. The fraction of sp³-hybridized carbons (Fsp3) is 0.545. The van der Waals surface area contributed by atoms with Gasteiger partial charge in [0.05, 0.1) is 18.3 Å². The Kier molecular flexibility index (Phi) is 3.93. The van der Waals surface area contributed by atoms with Gasteiger partial charge in [-0.15, -0.1) is 0 Å². The lowest BCUT2D eigenvalue weighted by atomic mass is 10.0. The third kappa shape index (κ3) is 2.86. The molecule has 0 saturated carbocycles. The standard InChI is InChI=1S/C11H17N5O2/c12-10(17)7-16(9-2-1-3-13-6-9)11(18)8-4-14-15-5-8/h4-5,9,13H,1-3,6-7H2,(H2,12,17)(H,14,15). The molecular weight excluding hydrogens is 234 g/mol. The Hall–Kier alpha value is -1.89. The smallest absolute Gasteiger partial charge is 0.257 e. The van der Waals surface area contributed by atoms with Gasteiger partial charge in [-0.1, -0.05) is 0 Å². The van der Waals surface area contributed by atoms with Crippen LogP contribution in [0.25, 0.3) is 0 Å². The Labute approximate surface area is 105 Å². The third-order valence-electron chi connectivity index (χ3n) is 3.04. The number of piperidine rings is 1. The summed E-state index contributed by atoms with van der Waals surface area (Å²) in [4.78, 5) is 24.9. The van der Waals surface area contributed by atoms with Crippen LogP contribution < -0.4 is 11.1 Å². The molecule has 0 aromatic carbocycles. The maximum Gasteiger partial charge on any atom is 0.257 e. The van der Waals surface area contributed by atoms with Crippen LogP contribution >= 0.6 is 0 Å². The first-order valence-electron chi connectivity index (χ1n) is 5.97. The number of hydrogen-bond acceptors (Lipinski definition) is 4. The van der Waals surface area contributed by atoms with Crippen molar-refractivity contribution < 1.29 is 9.59 Å². The summed E-state index contributed by atoms with van der Waals surface area (Å²) in [7, 11) is 0. The number of primary amides is 1. The van der Waals surface area contributed by atoms with E-state index in [1.165, 1.54) is 17.3 Å². The second-order valence-corrected chi connectivity index (χ2v) is 4.39. The number of nitrogens with one attached hydrogen (secondary N) is 2. The third-order valence-corrected chi connectivity index (χ3v) is 3.04. The maximum atomic E-state index is 12.3. The van der Waals surface area contributed by atoms with Gasteiger partial charge in [0.15, 0.2) is 0 Å². The molecule has 1 aliphatic heterocycles. The Morgan fingerprint density at radius 2 is 2.39 bits per heavy atom. The zero-order valence-electron chi connectivity index (χ0n) is 10.1. The van der Waals surface area contributed by atoms with E-state index >= 15 is 0 Å². The predicted octanol–water partition coefficient (Wildman–Crippen LogP) is -0.911. The van der Waals surface area contributed by atoms with Crippen LogP contribution in [0.4, 0.5) is 0 Å². The quantitative estimate of drug-likeness (QED) is 0.644. The van der Waals surface area contributed by atoms with Crippen molar-refractivity contribution in [2.75, 3.05) is 19.6 Å². The highest BCUT2D eigenvalue weighted by molar-refractivity contribution is 5.96. The molecule has 0 aliphatic carbocycles. The number of nitrogens with zero attached hydrogens (tertiary/aromatic N) is 2. The van der Waals surface area contributed by atoms with Crippen molar-refractivity contribution in [1.82, 2.24) is 20.4 Å². The molecule has 0 bridgehead atoms. The number of carbonyl (C=O) groups is 2. The van der Waals surface area contributed by atoms with Crippen molar-refractivity contribution in [1.29, 1.82) is 0 Å². The minimum atomic E-state index is -0.502. The minimum absolute atomic E-state index is 0.00801. The van der Waals surface area contributed by atoms with Crippen molar-refractivity contribution in [3.8, 4) is 0 Å². The van der Waals surface area contributed by atoms with Crippen LogP contribution in [0.2, 0.25) is 0 Å². The number of rotatable bonds is 4. The normalized spacial score (nSPS) is 19.4. The van der Waals surface area contributed by atoms with Crippen molar-refractivity contribution >= 4 is 11.8 Å². The summed E-state index contributed by atoms with van der Waals surface area (Å²) in [5.41, 5.74) is 5.66. The molecule has 7 nitrogen and oxygen atoms in total. The second-order valence-electron chi connectivity index (χ2n) is 4.39. The van der Waals surface area contributed by atoms with Crippen LogP contribution in [0.1, 0.15) is 23.2 Å². The van der Waals surface area contributed by atoms with Crippen molar-refractivity contribution in [3.05, 3.63) is 18.0 Å². The van der Waals surface area contributed by atoms with E-state index in [4.69, 9.17) is 5.73 Å². The van der Waals surface area contributed by atoms with Crippen molar-refractivity contribution in [2.24, 2.45) is 5.73 Å². The number of nitrogens with two attached hydrogens (primary N) is 1. The predicted molar refractivity (Wildman–Crippen MR) is 64.7 cm³/mol. The van der Waals surface area contributed by atoms with Gasteiger partial charge in [0, 0.05) is 18.8 Å². The average molecular weight is 251 g/mol. The Morgan fingerprint density at radius 1 is 1.56 bits per heavy atom. The molecule has 98 valence electrons. The molecule has 2 rings (SSSR count). The highest BCUT2D eigenvalue weighted by atomic mass is 16.2. The molecule has 0 spiro atoms. The topological polar surface area (TPSA) is 104 Å². The fourth-order valence-electron chi connectivity index (χ4n) is 2.17. The largest absolute Gasteiger partial charge is 0.368 e. The van der Waals surface area contributed by atoms with E-state index in [0.717, 1.165) is 19.4 Å². The molecule has 2 amide bonds. The first-order chi connectivity index (χ1) is 8.68. The van der Waals surface area contributed by atoms with Crippen LogP contribution in [0.3, 0.4) is 0 Å². The van der Waals surface area contributed by atoms with E-state index < -0.39 is 5.91 Å². The van der Waals surface area contributed by atoms with E-state index in [-0.39, 0.29) is 18.5 Å². The summed E-state index contributed by atoms with van der Waals surface area (Å²) >= 11 is 0. The Morgan fingerprint density at radius 3 is 2.94 bits per heavy atom. The minimum Gasteiger partial charge on any atom is -0.368 e.